The topological polar surface area (TPSA) is 66.8 Å². The lowest BCUT2D eigenvalue weighted by molar-refractivity contribution is -0.153. The lowest BCUT2D eigenvalue weighted by atomic mass is 10.1. The van der Waals surface area contributed by atoms with E-state index in [1.54, 1.807) is 0 Å². The van der Waals surface area contributed by atoms with Crippen LogP contribution in [0.15, 0.2) is 0 Å². The molecule has 0 saturated heterocycles. The first-order valence-corrected chi connectivity index (χ1v) is 4.60. The van der Waals surface area contributed by atoms with Gasteiger partial charge in [0.25, 0.3) is 0 Å². The summed E-state index contributed by atoms with van der Waals surface area (Å²) < 4.78 is 4.67. The average Bonchev–Trinajstić information content (AvgIpc) is 2.04. The molecule has 4 nitrogen and oxygen atoms in total. The molecular weight excluding hydrogens is 172 g/mol. The monoisotopic (exact) mass is 190 g/mol. The number of hydrogen-bond donors (Lipinski definition) is 2. The summed E-state index contributed by atoms with van der Waals surface area (Å²) in [6.07, 6.45) is 0.569. The molecule has 0 aromatic carbocycles. The molecule has 0 aromatic heterocycles. The fraction of sp³-hybridized carbons (Fsp3) is 0.889. The van der Waals surface area contributed by atoms with Crippen LogP contribution in [0.3, 0.4) is 0 Å². The van der Waals surface area contributed by atoms with Crippen LogP contribution in [0, 0.1) is 0 Å². The molecule has 13 heavy (non-hydrogen) atoms. The second kappa shape index (κ2) is 6.86. The summed E-state index contributed by atoms with van der Waals surface area (Å²) in [7, 11) is 0. The van der Waals surface area contributed by atoms with E-state index in [4.69, 9.17) is 5.11 Å². The molecule has 4 heteroatoms. The van der Waals surface area contributed by atoms with Gasteiger partial charge in [-0.25, -0.2) is 4.79 Å². The highest BCUT2D eigenvalue weighted by Gasteiger charge is 2.10. The molecule has 0 aliphatic carbocycles. The van der Waals surface area contributed by atoms with Crippen LogP contribution in [0.25, 0.3) is 0 Å². The number of carbonyl (C=O) groups is 1. The summed E-state index contributed by atoms with van der Waals surface area (Å²) >= 11 is 0. The van der Waals surface area contributed by atoms with E-state index in [2.05, 4.69) is 4.74 Å². The zero-order valence-corrected chi connectivity index (χ0v) is 8.19. The minimum atomic E-state index is -1.08. The minimum Gasteiger partial charge on any atom is -0.464 e. The van der Waals surface area contributed by atoms with Crippen LogP contribution in [0.1, 0.15) is 33.1 Å². The molecular formula is C9H18O4. The van der Waals surface area contributed by atoms with Gasteiger partial charge in [0.05, 0.1) is 12.7 Å². The Morgan fingerprint density at radius 3 is 2.46 bits per heavy atom. The van der Waals surface area contributed by atoms with E-state index in [-0.39, 0.29) is 6.61 Å². The summed E-state index contributed by atoms with van der Waals surface area (Å²) in [5, 5.41) is 18.0. The Morgan fingerprint density at radius 1 is 1.38 bits per heavy atom. The predicted octanol–water partition coefficient (Wildman–Crippen LogP) is 0.461. The normalized spacial score (nSPS) is 15.1. The number of aliphatic hydroxyl groups is 2. The maximum Gasteiger partial charge on any atom is 0.334 e. The molecule has 0 radical (unpaired) electrons. The van der Waals surface area contributed by atoms with Crippen molar-refractivity contribution in [3.63, 3.8) is 0 Å². The number of carbonyl (C=O) groups excluding carboxylic acids is 1. The van der Waals surface area contributed by atoms with E-state index in [9.17, 15) is 9.90 Å². The van der Waals surface area contributed by atoms with E-state index < -0.39 is 18.2 Å². The Balaban J connectivity index is 3.39. The first-order valence-electron chi connectivity index (χ1n) is 4.60. The van der Waals surface area contributed by atoms with Crippen LogP contribution in [0.2, 0.25) is 0 Å². The lowest BCUT2D eigenvalue weighted by Gasteiger charge is -2.10. The van der Waals surface area contributed by atoms with Crippen molar-refractivity contribution in [3.05, 3.63) is 0 Å². The maximum absolute atomic E-state index is 10.7. The highest BCUT2D eigenvalue weighted by atomic mass is 16.5. The molecule has 2 N–H and O–H groups in total. The van der Waals surface area contributed by atoms with Gasteiger partial charge in [0, 0.05) is 6.42 Å². The van der Waals surface area contributed by atoms with Gasteiger partial charge in [0.1, 0.15) is 6.10 Å². The maximum atomic E-state index is 10.7. The molecule has 2 atom stereocenters. The summed E-state index contributed by atoms with van der Waals surface area (Å²) in [6, 6.07) is 0. The van der Waals surface area contributed by atoms with Crippen molar-refractivity contribution < 1.29 is 19.7 Å². The van der Waals surface area contributed by atoms with E-state index >= 15 is 0 Å². The van der Waals surface area contributed by atoms with Crippen molar-refractivity contribution in [2.45, 2.75) is 45.3 Å². The highest BCUT2D eigenvalue weighted by Crippen LogP contribution is 2.01. The molecule has 0 spiro atoms. The Kier molecular flexibility index (Phi) is 6.54. The molecule has 0 rings (SSSR count). The van der Waals surface area contributed by atoms with Gasteiger partial charge in [-0.05, 0) is 13.3 Å². The fourth-order valence-corrected chi connectivity index (χ4v) is 0.894. The summed E-state index contributed by atoms with van der Waals surface area (Å²) in [6.45, 7) is 3.50. The molecule has 0 heterocycles. The Labute approximate surface area is 78.5 Å². The highest BCUT2D eigenvalue weighted by molar-refractivity contribution is 5.73. The van der Waals surface area contributed by atoms with Crippen molar-refractivity contribution in [2.75, 3.05) is 6.61 Å². The standard InChI is InChI=1S/C9H18O4/c1-3-4-8(11)5-6-13-9(12)7(2)10/h7-8,10-11H,3-6H2,1-2H3. The van der Waals surface area contributed by atoms with Gasteiger partial charge >= 0.3 is 5.97 Å². The largest absolute Gasteiger partial charge is 0.464 e. The molecule has 0 bridgehead atoms. The van der Waals surface area contributed by atoms with Crippen molar-refractivity contribution in [2.24, 2.45) is 0 Å². The first kappa shape index (κ1) is 12.4. The van der Waals surface area contributed by atoms with E-state index in [0.717, 1.165) is 6.42 Å². The van der Waals surface area contributed by atoms with Crippen LogP contribution >= 0.6 is 0 Å². The van der Waals surface area contributed by atoms with E-state index in [1.165, 1.54) is 6.92 Å². The molecule has 78 valence electrons. The predicted molar refractivity (Wildman–Crippen MR) is 48.2 cm³/mol. The van der Waals surface area contributed by atoms with Crippen LogP contribution < -0.4 is 0 Å². The van der Waals surface area contributed by atoms with Crippen LogP contribution in [-0.4, -0.2) is 35.0 Å². The van der Waals surface area contributed by atoms with Crippen LogP contribution in [-0.2, 0) is 9.53 Å². The van der Waals surface area contributed by atoms with Gasteiger partial charge < -0.3 is 14.9 Å². The smallest absolute Gasteiger partial charge is 0.334 e. The van der Waals surface area contributed by atoms with E-state index in [0.29, 0.717) is 12.8 Å². The number of esters is 1. The summed E-state index contributed by atoms with van der Waals surface area (Å²) in [5.74, 6) is -0.635. The van der Waals surface area contributed by atoms with Gasteiger partial charge in [-0.3, -0.25) is 0 Å². The Morgan fingerprint density at radius 2 is 2.00 bits per heavy atom. The fourth-order valence-electron chi connectivity index (χ4n) is 0.894. The van der Waals surface area contributed by atoms with Gasteiger partial charge in [0.15, 0.2) is 0 Å². The van der Waals surface area contributed by atoms with Crippen LogP contribution in [0.5, 0.6) is 0 Å². The number of hydrogen-bond acceptors (Lipinski definition) is 4. The van der Waals surface area contributed by atoms with Crippen molar-refractivity contribution in [1.82, 2.24) is 0 Å². The molecule has 0 aliphatic rings. The van der Waals surface area contributed by atoms with Crippen molar-refractivity contribution >= 4 is 5.97 Å². The number of ether oxygens (including phenoxy) is 1. The second-order valence-corrected chi connectivity index (χ2v) is 3.07. The molecule has 0 fully saturated rings. The third-order valence-electron chi connectivity index (χ3n) is 1.66. The molecule has 2 unspecified atom stereocenters. The zero-order valence-electron chi connectivity index (χ0n) is 8.19. The summed E-state index contributed by atoms with van der Waals surface area (Å²) in [5.41, 5.74) is 0. The Hall–Kier alpha value is -0.610. The molecule has 0 saturated carbocycles. The van der Waals surface area contributed by atoms with Crippen molar-refractivity contribution in [1.29, 1.82) is 0 Å². The SMILES string of the molecule is CCCC(O)CCOC(=O)C(C)O. The van der Waals surface area contributed by atoms with E-state index in [1.807, 2.05) is 6.92 Å². The quantitative estimate of drug-likeness (QED) is 0.597. The minimum absolute atomic E-state index is 0.172. The van der Waals surface area contributed by atoms with Gasteiger partial charge in [0.2, 0.25) is 0 Å². The average molecular weight is 190 g/mol. The van der Waals surface area contributed by atoms with Gasteiger partial charge in [-0.1, -0.05) is 13.3 Å². The van der Waals surface area contributed by atoms with Gasteiger partial charge in [-0.2, -0.15) is 0 Å². The Bertz CT molecular complexity index is 145. The summed E-state index contributed by atoms with van der Waals surface area (Å²) in [4.78, 5) is 10.7. The third kappa shape index (κ3) is 6.54. The van der Waals surface area contributed by atoms with Crippen LogP contribution in [0.4, 0.5) is 0 Å². The molecule has 0 amide bonds. The molecule has 0 aliphatic heterocycles. The van der Waals surface area contributed by atoms with Crippen molar-refractivity contribution in [3.8, 4) is 0 Å². The molecule has 0 aromatic rings. The third-order valence-corrected chi connectivity index (χ3v) is 1.66. The first-order chi connectivity index (χ1) is 6.07. The second-order valence-electron chi connectivity index (χ2n) is 3.07. The number of aliphatic hydroxyl groups excluding tert-OH is 2. The van der Waals surface area contributed by atoms with Gasteiger partial charge in [-0.15, -0.1) is 0 Å². The lowest BCUT2D eigenvalue weighted by Crippen LogP contribution is -2.21. The zero-order chi connectivity index (χ0) is 10.3. The number of rotatable bonds is 6.